The van der Waals surface area contributed by atoms with Crippen molar-refractivity contribution < 1.29 is 28.3 Å². The molecule has 3 rings (SSSR count). The lowest BCUT2D eigenvalue weighted by Crippen LogP contribution is -2.36. The summed E-state index contributed by atoms with van der Waals surface area (Å²) in [6, 6.07) is 4.88. The summed E-state index contributed by atoms with van der Waals surface area (Å²) in [5, 5.41) is 15.5. The van der Waals surface area contributed by atoms with Gasteiger partial charge >= 0.3 is 5.97 Å². The first-order valence-electron chi connectivity index (χ1n) is 9.04. The Morgan fingerprint density at radius 1 is 1.29 bits per heavy atom. The van der Waals surface area contributed by atoms with Gasteiger partial charge in [-0.15, -0.1) is 4.73 Å². The van der Waals surface area contributed by atoms with Gasteiger partial charge in [-0.1, -0.05) is 6.07 Å². The molecule has 3 N–H and O–H groups in total. The number of fused-ring (bicyclic) bond motifs is 1. The van der Waals surface area contributed by atoms with Crippen LogP contribution in [0.3, 0.4) is 0 Å². The molecule has 0 aliphatic rings. The number of methoxy groups -OCH3 is 1. The molecule has 9 nitrogen and oxygen atoms in total. The molecular formula is C20H18F2N4O5. The molecule has 0 fully saturated rings. The maximum Gasteiger partial charge on any atom is 0.327 e. The van der Waals surface area contributed by atoms with Gasteiger partial charge in [-0.3, -0.25) is 9.59 Å². The van der Waals surface area contributed by atoms with Gasteiger partial charge in [0.25, 0.3) is 11.5 Å². The van der Waals surface area contributed by atoms with Gasteiger partial charge in [-0.05, 0) is 25.1 Å². The second kappa shape index (κ2) is 8.78. The predicted octanol–water partition coefficient (Wildman–Crippen LogP) is 1.82. The molecule has 0 aliphatic carbocycles. The van der Waals surface area contributed by atoms with Crippen molar-refractivity contribution >= 4 is 28.6 Å². The minimum atomic E-state index is -1.11. The molecule has 1 amide bonds. The number of aromatic nitrogens is 2. The molecule has 2 aromatic heterocycles. The molecule has 0 radical (unpaired) electrons. The number of pyridine rings is 2. The number of halogens is 2. The molecule has 0 aliphatic heterocycles. The first-order valence-corrected chi connectivity index (χ1v) is 9.04. The van der Waals surface area contributed by atoms with E-state index in [0.717, 1.165) is 12.1 Å². The summed E-state index contributed by atoms with van der Waals surface area (Å²) in [4.78, 5) is 41.4. The number of anilines is 1. The van der Waals surface area contributed by atoms with Crippen LogP contribution in [0.4, 0.5) is 14.5 Å². The summed E-state index contributed by atoms with van der Waals surface area (Å²) in [6.45, 7) is 1.10. The fourth-order valence-corrected chi connectivity index (χ4v) is 2.95. The van der Waals surface area contributed by atoms with Crippen LogP contribution in [0.25, 0.3) is 11.0 Å². The van der Waals surface area contributed by atoms with Crippen LogP contribution in [-0.4, -0.2) is 39.9 Å². The SMILES string of the molecule is COC(=O)[C@@H](C)Nc1c(C(=O)NCc2ccc(F)cc2F)c(=O)n(O)c2ncccc12. The number of esters is 1. The summed E-state index contributed by atoms with van der Waals surface area (Å²) in [5.74, 6) is -3.27. The van der Waals surface area contributed by atoms with Gasteiger partial charge in [-0.25, -0.2) is 18.6 Å². The number of carbonyl (C=O) groups excluding carboxylic acids is 2. The zero-order chi connectivity index (χ0) is 22.7. The molecule has 1 aromatic carbocycles. The Morgan fingerprint density at radius 2 is 2.03 bits per heavy atom. The first-order chi connectivity index (χ1) is 14.7. The molecule has 1 atom stereocenters. The molecule has 162 valence electrons. The lowest BCUT2D eigenvalue weighted by Gasteiger charge is -2.18. The first kappa shape index (κ1) is 21.7. The topological polar surface area (TPSA) is 123 Å². The third kappa shape index (κ3) is 4.29. The zero-order valence-corrected chi connectivity index (χ0v) is 16.5. The van der Waals surface area contributed by atoms with Crippen molar-refractivity contribution in [3.05, 3.63) is 69.6 Å². The third-order valence-electron chi connectivity index (χ3n) is 4.51. The van der Waals surface area contributed by atoms with E-state index in [-0.39, 0.29) is 33.6 Å². The van der Waals surface area contributed by atoms with Crippen molar-refractivity contribution in [2.45, 2.75) is 19.5 Å². The molecule has 0 saturated carbocycles. The highest BCUT2D eigenvalue weighted by Crippen LogP contribution is 2.24. The number of nitrogens with zero attached hydrogens (tertiary/aromatic N) is 2. The average molecular weight is 432 g/mol. The van der Waals surface area contributed by atoms with Gasteiger partial charge in [0.05, 0.1) is 12.8 Å². The van der Waals surface area contributed by atoms with Crippen LogP contribution in [0.5, 0.6) is 0 Å². The van der Waals surface area contributed by atoms with Crippen molar-refractivity contribution in [2.75, 3.05) is 12.4 Å². The van der Waals surface area contributed by atoms with Crippen LogP contribution >= 0.6 is 0 Å². The Morgan fingerprint density at radius 3 is 2.71 bits per heavy atom. The minimum absolute atomic E-state index is 0.0148. The van der Waals surface area contributed by atoms with Gasteiger partial charge in [0.2, 0.25) is 0 Å². The number of hydrogen-bond donors (Lipinski definition) is 3. The number of rotatable bonds is 6. The third-order valence-corrected chi connectivity index (χ3v) is 4.51. The highest BCUT2D eigenvalue weighted by molar-refractivity contribution is 6.07. The van der Waals surface area contributed by atoms with Crippen LogP contribution in [0, 0.1) is 11.6 Å². The summed E-state index contributed by atoms with van der Waals surface area (Å²) in [6.07, 6.45) is 1.33. The second-order valence-electron chi connectivity index (χ2n) is 6.55. The van der Waals surface area contributed by atoms with Crippen molar-refractivity contribution in [3.63, 3.8) is 0 Å². The van der Waals surface area contributed by atoms with Gasteiger partial charge < -0.3 is 20.6 Å². The standard InChI is InChI=1S/C20H18F2N4O5/c1-10(20(29)31-2)25-16-13-4-3-7-23-17(13)26(30)19(28)15(16)18(27)24-9-11-5-6-12(21)8-14(11)22/h3-8,10,25,30H,9H2,1-2H3,(H,24,27)/t10-/m1/s1. The normalized spacial score (nSPS) is 11.7. The monoisotopic (exact) mass is 432 g/mol. The molecule has 0 spiro atoms. The summed E-state index contributed by atoms with van der Waals surface area (Å²) < 4.78 is 31.8. The molecule has 31 heavy (non-hydrogen) atoms. The van der Waals surface area contributed by atoms with Gasteiger partial charge in [0.15, 0.2) is 5.65 Å². The number of hydrogen-bond acceptors (Lipinski definition) is 7. The van der Waals surface area contributed by atoms with Gasteiger partial charge in [0.1, 0.15) is 23.2 Å². The van der Waals surface area contributed by atoms with E-state index in [1.807, 2.05) is 0 Å². The lowest BCUT2D eigenvalue weighted by atomic mass is 10.1. The van der Waals surface area contributed by atoms with Gasteiger partial charge in [0, 0.05) is 29.8 Å². The average Bonchev–Trinajstić information content (AvgIpc) is 2.76. The Bertz CT molecular complexity index is 1230. The van der Waals surface area contributed by atoms with E-state index in [0.29, 0.717) is 6.07 Å². The molecule has 11 heteroatoms. The number of amides is 1. The second-order valence-corrected chi connectivity index (χ2v) is 6.55. The predicted molar refractivity (Wildman–Crippen MR) is 106 cm³/mol. The zero-order valence-electron chi connectivity index (χ0n) is 16.5. The highest BCUT2D eigenvalue weighted by atomic mass is 19.1. The van der Waals surface area contributed by atoms with Crippen LogP contribution in [-0.2, 0) is 16.1 Å². The highest BCUT2D eigenvalue weighted by Gasteiger charge is 2.26. The van der Waals surface area contributed by atoms with Crippen LogP contribution in [0.15, 0.2) is 41.3 Å². The molecule has 2 heterocycles. The Hall–Kier alpha value is -4.02. The molecule has 0 saturated heterocycles. The fraction of sp³-hybridized carbons (Fsp3) is 0.200. The van der Waals surface area contributed by atoms with E-state index in [1.165, 1.54) is 32.4 Å². The Kier molecular flexibility index (Phi) is 6.14. The van der Waals surface area contributed by atoms with Crippen molar-refractivity contribution in [1.82, 2.24) is 15.0 Å². The van der Waals surface area contributed by atoms with E-state index in [1.54, 1.807) is 0 Å². The molecule has 3 aromatic rings. The van der Waals surface area contributed by atoms with Crippen LogP contribution in [0.1, 0.15) is 22.8 Å². The maximum absolute atomic E-state index is 13.9. The maximum atomic E-state index is 13.9. The van der Waals surface area contributed by atoms with Crippen molar-refractivity contribution in [1.29, 1.82) is 0 Å². The van der Waals surface area contributed by atoms with Crippen molar-refractivity contribution in [3.8, 4) is 0 Å². The molecule has 0 unspecified atom stereocenters. The Balaban J connectivity index is 2.06. The quantitative estimate of drug-likeness (QED) is 0.401. The number of nitrogens with one attached hydrogen (secondary N) is 2. The fourth-order valence-electron chi connectivity index (χ4n) is 2.95. The van der Waals surface area contributed by atoms with Gasteiger partial charge in [-0.2, -0.15) is 0 Å². The lowest BCUT2D eigenvalue weighted by molar-refractivity contribution is -0.141. The van der Waals surface area contributed by atoms with E-state index in [2.05, 4.69) is 20.4 Å². The summed E-state index contributed by atoms with van der Waals surface area (Å²) >= 11 is 0. The van der Waals surface area contributed by atoms with Crippen LogP contribution < -0.4 is 16.2 Å². The Labute approximate surface area is 174 Å². The number of benzene rings is 1. The van der Waals surface area contributed by atoms with E-state index < -0.39 is 40.7 Å². The largest absolute Gasteiger partial charge is 0.467 e. The van der Waals surface area contributed by atoms with E-state index in [9.17, 15) is 28.4 Å². The van der Waals surface area contributed by atoms with E-state index >= 15 is 0 Å². The summed E-state index contributed by atoms with van der Waals surface area (Å²) in [7, 11) is 1.18. The molecular weight excluding hydrogens is 414 g/mol. The number of carbonyl (C=O) groups is 2. The smallest absolute Gasteiger partial charge is 0.327 e. The minimum Gasteiger partial charge on any atom is -0.467 e. The van der Waals surface area contributed by atoms with E-state index in [4.69, 9.17) is 0 Å². The van der Waals surface area contributed by atoms with Crippen LogP contribution in [0.2, 0.25) is 0 Å². The molecule has 0 bridgehead atoms. The number of ether oxygens (including phenoxy) is 1. The van der Waals surface area contributed by atoms with Crippen molar-refractivity contribution in [2.24, 2.45) is 0 Å². The summed E-state index contributed by atoms with van der Waals surface area (Å²) in [5.41, 5.74) is -1.86.